The third-order valence-corrected chi connectivity index (χ3v) is 5.72. The van der Waals surface area contributed by atoms with Crippen LogP contribution in [0, 0.1) is 0 Å². The molecule has 0 fully saturated rings. The van der Waals surface area contributed by atoms with Gasteiger partial charge in [-0.05, 0) is 65.0 Å². The van der Waals surface area contributed by atoms with Gasteiger partial charge in [-0.1, -0.05) is 48.6 Å². The summed E-state index contributed by atoms with van der Waals surface area (Å²) in [4.78, 5) is 0. The van der Waals surface area contributed by atoms with E-state index in [2.05, 4.69) is 78.1 Å². The Bertz CT molecular complexity index is 545. The molecule has 0 nitrogen and oxygen atoms in total. The molecule has 2 aromatic carbocycles. The van der Waals surface area contributed by atoms with E-state index in [0.29, 0.717) is 0 Å². The van der Waals surface area contributed by atoms with Gasteiger partial charge in [-0.25, -0.2) is 0 Å². The Kier molecular flexibility index (Phi) is 4.60. The van der Waals surface area contributed by atoms with E-state index in [0.717, 1.165) is 19.0 Å². The number of benzene rings is 2. The van der Waals surface area contributed by atoms with Gasteiger partial charge >= 0.3 is 0 Å². The third kappa shape index (κ3) is 3.30. The average molecular weight is 417 g/mol. The Labute approximate surface area is 126 Å². The fourth-order valence-corrected chi connectivity index (χ4v) is 2.86. The largest absolute Gasteiger partial charge is 0.0622 e. The normalized spacial score (nSPS) is 11.0. The molecule has 0 heterocycles. The van der Waals surface area contributed by atoms with Crippen molar-refractivity contribution in [2.24, 2.45) is 0 Å². The van der Waals surface area contributed by atoms with Gasteiger partial charge in [0.25, 0.3) is 0 Å². The zero-order chi connectivity index (χ0) is 12.3. The Morgan fingerprint density at radius 1 is 0.706 bits per heavy atom. The van der Waals surface area contributed by atoms with Gasteiger partial charge in [0.1, 0.15) is 0 Å². The molecule has 0 aliphatic rings. The lowest BCUT2D eigenvalue weighted by molar-refractivity contribution is 1.51. The van der Waals surface area contributed by atoms with Crippen LogP contribution in [0.2, 0.25) is 0 Å². The highest BCUT2D eigenvalue weighted by atomic mass is 79.9. The van der Waals surface area contributed by atoms with Crippen molar-refractivity contribution in [3.8, 4) is 0 Å². The fourth-order valence-electron chi connectivity index (χ4n) is 1.42. The van der Waals surface area contributed by atoms with Crippen LogP contribution in [0.5, 0.6) is 0 Å². The SMILES string of the molecule is Brc1ccc(C=Cc2ccccc2)c(Br)c1Br. The quantitative estimate of drug-likeness (QED) is 0.407. The van der Waals surface area contributed by atoms with Crippen LogP contribution in [0.25, 0.3) is 12.2 Å². The Morgan fingerprint density at radius 3 is 2.12 bits per heavy atom. The standard InChI is InChI=1S/C14H9Br3/c15-12-9-8-11(13(16)14(12)17)7-6-10-4-2-1-3-5-10/h1-9H. The number of halogens is 3. The maximum absolute atomic E-state index is 3.58. The maximum Gasteiger partial charge on any atom is 0.0465 e. The molecular weight excluding hydrogens is 408 g/mol. The molecule has 0 saturated carbocycles. The molecule has 0 N–H and O–H groups in total. The van der Waals surface area contributed by atoms with Crippen molar-refractivity contribution in [2.75, 3.05) is 0 Å². The molecule has 2 aromatic rings. The fraction of sp³-hybridized carbons (Fsp3) is 0. The number of hydrogen-bond acceptors (Lipinski definition) is 0. The van der Waals surface area contributed by atoms with E-state index in [4.69, 9.17) is 0 Å². The molecule has 0 aliphatic heterocycles. The van der Waals surface area contributed by atoms with Gasteiger partial charge < -0.3 is 0 Å². The molecule has 2 rings (SSSR count). The summed E-state index contributed by atoms with van der Waals surface area (Å²) in [5.74, 6) is 0. The molecule has 0 bridgehead atoms. The second kappa shape index (κ2) is 5.98. The first-order chi connectivity index (χ1) is 8.18. The molecule has 3 heteroatoms. The van der Waals surface area contributed by atoms with E-state index < -0.39 is 0 Å². The first kappa shape index (κ1) is 13.1. The van der Waals surface area contributed by atoms with Crippen LogP contribution in [0.1, 0.15) is 11.1 Å². The topological polar surface area (TPSA) is 0 Å². The molecule has 0 aliphatic carbocycles. The summed E-state index contributed by atoms with van der Waals surface area (Å²) in [7, 11) is 0. The van der Waals surface area contributed by atoms with Crippen molar-refractivity contribution in [1.82, 2.24) is 0 Å². The number of rotatable bonds is 2. The lowest BCUT2D eigenvalue weighted by Gasteiger charge is -2.03. The monoisotopic (exact) mass is 414 g/mol. The van der Waals surface area contributed by atoms with Gasteiger partial charge in [0.05, 0.1) is 0 Å². The number of hydrogen-bond donors (Lipinski definition) is 0. The highest BCUT2D eigenvalue weighted by molar-refractivity contribution is 9.14. The van der Waals surface area contributed by atoms with E-state index in [1.54, 1.807) is 0 Å². The average Bonchev–Trinajstić information content (AvgIpc) is 2.36. The predicted molar refractivity (Wildman–Crippen MR) is 84.9 cm³/mol. The van der Waals surface area contributed by atoms with Crippen molar-refractivity contribution >= 4 is 59.9 Å². The first-order valence-corrected chi connectivity index (χ1v) is 7.43. The predicted octanol–water partition coefficient (Wildman–Crippen LogP) is 6.14. The maximum atomic E-state index is 3.58. The van der Waals surface area contributed by atoms with E-state index in [1.807, 2.05) is 24.3 Å². The first-order valence-electron chi connectivity index (χ1n) is 5.05. The highest BCUT2D eigenvalue weighted by Crippen LogP contribution is 2.34. The molecule has 0 radical (unpaired) electrons. The highest BCUT2D eigenvalue weighted by Gasteiger charge is 2.04. The van der Waals surface area contributed by atoms with Crippen LogP contribution in [-0.4, -0.2) is 0 Å². The van der Waals surface area contributed by atoms with Crippen molar-refractivity contribution in [2.45, 2.75) is 0 Å². The summed E-state index contributed by atoms with van der Waals surface area (Å²) < 4.78 is 3.13. The lowest BCUT2D eigenvalue weighted by Crippen LogP contribution is -1.79. The minimum absolute atomic E-state index is 1.03. The summed E-state index contributed by atoms with van der Waals surface area (Å²) in [6, 6.07) is 14.3. The third-order valence-electron chi connectivity index (χ3n) is 2.32. The molecule has 86 valence electrons. The van der Waals surface area contributed by atoms with Crippen LogP contribution in [0.15, 0.2) is 55.9 Å². The smallest absolute Gasteiger partial charge is 0.0465 e. The van der Waals surface area contributed by atoms with Gasteiger partial charge in [-0.15, -0.1) is 0 Å². The molecule has 0 spiro atoms. The Hall–Kier alpha value is -0.380. The van der Waals surface area contributed by atoms with Crippen LogP contribution in [0.3, 0.4) is 0 Å². The Morgan fingerprint density at radius 2 is 1.41 bits per heavy atom. The van der Waals surface area contributed by atoms with Crippen molar-refractivity contribution in [3.05, 3.63) is 67.0 Å². The van der Waals surface area contributed by atoms with Gasteiger partial charge in [0.15, 0.2) is 0 Å². The minimum Gasteiger partial charge on any atom is -0.0622 e. The zero-order valence-corrected chi connectivity index (χ0v) is 13.6. The van der Waals surface area contributed by atoms with E-state index >= 15 is 0 Å². The molecule has 0 atom stereocenters. The summed E-state index contributed by atoms with van der Waals surface area (Å²) in [6.45, 7) is 0. The summed E-state index contributed by atoms with van der Waals surface area (Å²) >= 11 is 10.6. The van der Waals surface area contributed by atoms with Gasteiger partial charge in [-0.2, -0.15) is 0 Å². The zero-order valence-electron chi connectivity index (χ0n) is 8.83. The van der Waals surface area contributed by atoms with Gasteiger partial charge in [-0.3, -0.25) is 0 Å². The van der Waals surface area contributed by atoms with Gasteiger partial charge in [0, 0.05) is 13.4 Å². The molecular formula is C14H9Br3. The van der Waals surface area contributed by atoms with Crippen LogP contribution in [-0.2, 0) is 0 Å². The molecule has 0 amide bonds. The minimum atomic E-state index is 1.03. The molecule has 0 saturated heterocycles. The van der Waals surface area contributed by atoms with Gasteiger partial charge in [0.2, 0.25) is 0 Å². The second-order valence-electron chi connectivity index (χ2n) is 3.51. The van der Waals surface area contributed by atoms with Crippen molar-refractivity contribution in [3.63, 3.8) is 0 Å². The van der Waals surface area contributed by atoms with Crippen LogP contribution >= 0.6 is 47.8 Å². The Balaban J connectivity index is 2.31. The summed E-state index contributed by atoms with van der Waals surface area (Å²) in [5.41, 5.74) is 2.34. The molecule has 0 unspecified atom stereocenters. The van der Waals surface area contributed by atoms with Crippen molar-refractivity contribution in [1.29, 1.82) is 0 Å². The lowest BCUT2D eigenvalue weighted by atomic mass is 10.1. The molecule has 17 heavy (non-hydrogen) atoms. The van der Waals surface area contributed by atoms with E-state index in [1.165, 1.54) is 5.56 Å². The molecule has 0 aromatic heterocycles. The van der Waals surface area contributed by atoms with Crippen molar-refractivity contribution < 1.29 is 0 Å². The van der Waals surface area contributed by atoms with Crippen LogP contribution in [0.4, 0.5) is 0 Å². The summed E-state index contributed by atoms with van der Waals surface area (Å²) in [5, 5.41) is 0. The summed E-state index contributed by atoms with van der Waals surface area (Å²) in [6.07, 6.45) is 4.19. The van der Waals surface area contributed by atoms with E-state index in [-0.39, 0.29) is 0 Å². The second-order valence-corrected chi connectivity index (χ2v) is 5.95. The van der Waals surface area contributed by atoms with Crippen LogP contribution < -0.4 is 0 Å². The van der Waals surface area contributed by atoms with E-state index in [9.17, 15) is 0 Å².